The van der Waals surface area contributed by atoms with E-state index in [9.17, 15) is 4.79 Å². The Labute approximate surface area is 96.2 Å². The minimum absolute atomic E-state index is 0.261. The van der Waals surface area contributed by atoms with Crippen molar-refractivity contribution in [3.05, 3.63) is 22.7 Å². The van der Waals surface area contributed by atoms with Crippen LogP contribution in [-0.2, 0) is 4.79 Å². The smallest absolute Gasteiger partial charge is 0.228 e. The number of aromatic nitrogens is 1. The highest BCUT2D eigenvalue weighted by molar-refractivity contribution is 8.04. The third-order valence-corrected chi connectivity index (χ3v) is 4.68. The zero-order chi connectivity index (χ0) is 10.3. The highest BCUT2D eigenvalue weighted by atomic mass is 32.2. The summed E-state index contributed by atoms with van der Waals surface area (Å²) < 4.78 is 1.06. The molecule has 1 aromatic rings. The largest absolute Gasteiger partial charge is 0.315 e. The van der Waals surface area contributed by atoms with Crippen molar-refractivity contribution in [1.82, 2.24) is 9.88 Å². The van der Waals surface area contributed by atoms with Crippen LogP contribution in [-0.4, -0.2) is 21.8 Å². The fourth-order valence-corrected chi connectivity index (χ4v) is 3.66. The van der Waals surface area contributed by atoms with E-state index in [-0.39, 0.29) is 5.91 Å². The lowest BCUT2D eigenvalue weighted by atomic mass is 9.95. The predicted molar refractivity (Wildman–Crippen MR) is 60.5 cm³/mol. The molecule has 1 saturated heterocycles. The summed E-state index contributed by atoms with van der Waals surface area (Å²) in [6.45, 7) is 0. The third kappa shape index (κ3) is 1.70. The van der Waals surface area contributed by atoms with E-state index < -0.39 is 0 Å². The van der Waals surface area contributed by atoms with Crippen LogP contribution >= 0.6 is 23.1 Å². The van der Waals surface area contributed by atoms with Gasteiger partial charge in [0.25, 0.3) is 0 Å². The van der Waals surface area contributed by atoms with Crippen LogP contribution in [0.1, 0.15) is 19.3 Å². The van der Waals surface area contributed by atoms with Crippen LogP contribution in [0.15, 0.2) is 27.0 Å². The molecule has 0 aliphatic carbocycles. The normalized spacial score (nSPS) is 24.5. The molecule has 0 N–H and O–H groups in total. The van der Waals surface area contributed by atoms with Crippen LogP contribution in [0.5, 0.6) is 0 Å². The van der Waals surface area contributed by atoms with Crippen molar-refractivity contribution in [2.45, 2.75) is 29.6 Å². The molecule has 0 radical (unpaired) electrons. The zero-order valence-electron chi connectivity index (χ0n) is 8.05. The Bertz CT molecular complexity index is 413. The van der Waals surface area contributed by atoms with Gasteiger partial charge in [-0.25, -0.2) is 4.98 Å². The number of allylic oxidation sites excluding steroid dienone is 1. The number of carbonyl (C=O) groups excluding carboxylic acids is 1. The maximum atomic E-state index is 11.3. The second-order valence-corrected chi connectivity index (χ2v) is 5.96. The number of carbonyl (C=O) groups is 1. The molecule has 15 heavy (non-hydrogen) atoms. The van der Waals surface area contributed by atoms with E-state index in [0.717, 1.165) is 23.6 Å². The summed E-state index contributed by atoms with van der Waals surface area (Å²) in [4.78, 5) is 18.6. The average Bonchev–Trinajstić information content (AvgIpc) is 2.72. The van der Waals surface area contributed by atoms with E-state index in [0.29, 0.717) is 6.04 Å². The number of thioether (sulfide) groups is 1. The average molecular weight is 238 g/mol. The van der Waals surface area contributed by atoms with Crippen LogP contribution < -0.4 is 0 Å². The topological polar surface area (TPSA) is 33.2 Å². The van der Waals surface area contributed by atoms with Crippen molar-refractivity contribution >= 4 is 29.0 Å². The summed E-state index contributed by atoms with van der Waals surface area (Å²) in [6.07, 6.45) is 6.75. The zero-order valence-corrected chi connectivity index (χ0v) is 9.68. The summed E-state index contributed by atoms with van der Waals surface area (Å²) in [5.74, 6) is 0.261. The van der Waals surface area contributed by atoms with Gasteiger partial charge in [-0.3, -0.25) is 4.79 Å². The highest BCUT2D eigenvalue weighted by Crippen LogP contribution is 2.38. The molecule has 1 atom stereocenters. The minimum atomic E-state index is 0.261. The molecule has 0 bridgehead atoms. The molecule has 3 nitrogen and oxygen atoms in total. The first-order valence-corrected chi connectivity index (χ1v) is 6.62. The fourth-order valence-electron chi connectivity index (χ4n) is 1.89. The first kappa shape index (κ1) is 9.42. The first-order valence-electron chi connectivity index (χ1n) is 4.92. The Morgan fingerprint density at radius 1 is 1.60 bits per heavy atom. The van der Waals surface area contributed by atoms with Gasteiger partial charge in [0.2, 0.25) is 5.91 Å². The molecule has 3 heterocycles. The van der Waals surface area contributed by atoms with Crippen LogP contribution in [0.2, 0.25) is 0 Å². The van der Waals surface area contributed by atoms with Gasteiger partial charge in [-0.2, -0.15) is 0 Å². The number of thiazole rings is 1. The maximum Gasteiger partial charge on any atom is 0.228 e. The molecular formula is C10H10N2OS2. The lowest BCUT2D eigenvalue weighted by molar-refractivity contribution is -0.142. The summed E-state index contributed by atoms with van der Waals surface area (Å²) in [5, 5.41) is 1.98. The number of nitrogens with zero attached hydrogens (tertiary/aromatic N) is 2. The number of rotatable bonds is 2. The van der Waals surface area contributed by atoms with E-state index in [1.165, 1.54) is 4.91 Å². The molecule has 2 aliphatic heterocycles. The van der Waals surface area contributed by atoms with Crippen LogP contribution in [0.25, 0.3) is 0 Å². The van der Waals surface area contributed by atoms with E-state index >= 15 is 0 Å². The molecule has 0 aromatic carbocycles. The Morgan fingerprint density at radius 3 is 3.27 bits per heavy atom. The third-order valence-electron chi connectivity index (χ3n) is 2.73. The van der Waals surface area contributed by atoms with Gasteiger partial charge in [0, 0.05) is 35.1 Å². The Kier molecular flexibility index (Phi) is 2.29. The molecule has 0 spiro atoms. The lowest BCUT2D eigenvalue weighted by Crippen LogP contribution is -2.50. The molecule has 0 saturated carbocycles. The molecule has 78 valence electrons. The first-order chi connectivity index (χ1) is 7.33. The number of hydrogen-bond acceptors (Lipinski definition) is 4. The van der Waals surface area contributed by atoms with Crippen LogP contribution in [0.3, 0.4) is 0 Å². The van der Waals surface area contributed by atoms with Crippen molar-refractivity contribution in [3.63, 3.8) is 0 Å². The predicted octanol–water partition coefficient (Wildman–Crippen LogP) is 2.47. The number of fused-ring (bicyclic) bond motifs is 1. The van der Waals surface area contributed by atoms with Crippen molar-refractivity contribution in [3.8, 4) is 0 Å². The van der Waals surface area contributed by atoms with Crippen molar-refractivity contribution in [1.29, 1.82) is 0 Å². The van der Waals surface area contributed by atoms with Gasteiger partial charge >= 0.3 is 0 Å². The van der Waals surface area contributed by atoms with Gasteiger partial charge in [-0.15, -0.1) is 11.3 Å². The molecule has 1 fully saturated rings. The van der Waals surface area contributed by atoms with Crippen LogP contribution in [0.4, 0.5) is 0 Å². The van der Waals surface area contributed by atoms with Gasteiger partial charge in [0.1, 0.15) is 0 Å². The van der Waals surface area contributed by atoms with Crippen molar-refractivity contribution in [2.24, 2.45) is 0 Å². The molecule has 5 heteroatoms. The van der Waals surface area contributed by atoms with Gasteiger partial charge in [-0.1, -0.05) is 11.8 Å². The van der Waals surface area contributed by atoms with Crippen LogP contribution in [0, 0.1) is 0 Å². The monoisotopic (exact) mass is 238 g/mol. The van der Waals surface area contributed by atoms with Gasteiger partial charge in [0.05, 0.1) is 0 Å². The fraction of sp³-hybridized carbons (Fsp3) is 0.400. The van der Waals surface area contributed by atoms with Crippen molar-refractivity contribution in [2.75, 3.05) is 0 Å². The summed E-state index contributed by atoms with van der Waals surface area (Å²) in [5.41, 5.74) is 0. The molecule has 0 unspecified atom stereocenters. The van der Waals surface area contributed by atoms with Gasteiger partial charge in [-0.05, 0) is 12.8 Å². The lowest BCUT2D eigenvalue weighted by Gasteiger charge is -2.41. The summed E-state index contributed by atoms with van der Waals surface area (Å²) in [6, 6.07) is 0.484. The molecule has 1 aromatic heterocycles. The Hall–Kier alpha value is -0.810. The maximum absolute atomic E-state index is 11.3. The number of hydrogen-bond donors (Lipinski definition) is 0. The van der Waals surface area contributed by atoms with E-state index in [2.05, 4.69) is 4.98 Å². The number of amides is 1. The standard InChI is InChI=1S/C10H10N2OS2/c13-9-5-7-1-2-8(6-12(7)9)15-10-11-3-4-14-10/h3-4,6-7H,1-2,5H2/t7-/m1/s1. The molecule has 1 amide bonds. The second kappa shape index (κ2) is 3.64. The molecule has 3 rings (SSSR count). The van der Waals surface area contributed by atoms with Gasteiger partial charge in [0.15, 0.2) is 4.34 Å². The number of β-lactam (4-membered cyclic amide) rings is 1. The van der Waals surface area contributed by atoms with E-state index in [4.69, 9.17) is 0 Å². The van der Waals surface area contributed by atoms with E-state index in [1.54, 1.807) is 23.1 Å². The Morgan fingerprint density at radius 2 is 2.53 bits per heavy atom. The molecular weight excluding hydrogens is 228 g/mol. The second-order valence-electron chi connectivity index (χ2n) is 3.69. The van der Waals surface area contributed by atoms with Gasteiger partial charge < -0.3 is 4.90 Å². The quantitative estimate of drug-likeness (QED) is 0.742. The van der Waals surface area contributed by atoms with Crippen molar-refractivity contribution < 1.29 is 4.79 Å². The summed E-state index contributed by atoms with van der Waals surface area (Å²) >= 11 is 3.33. The highest BCUT2D eigenvalue weighted by Gasteiger charge is 2.37. The minimum Gasteiger partial charge on any atom is -0.315 e. The SMILES string of the molecule is O=C1C[C@H]2CCC(Sc3nccs3)=CN12. The summed E-state index contributed by atoms with van der Waals surface area (Å²) in [7, 11) is 0. The Balaban J connectivity index is 1.74. The van der Waals surface area contributed by atoms with E-state index in [1.807, 2.05) is 22.7 Å². The molecule has 2 aliphatic rings.